The van der Waals surface area contributed by atoms with Crippen LogP contribution >= 0.6 is 0 Å². The number of imide groups is 1. The van der Waals surface area contributed by atoms with E-state index in [1.807, 2.05) is 30.3 Å². The second-order valence-corrected chi connectivity index (χ2v) is 6.63. The Morgan fingerprint density at radius 1 is 1.30 bits per heavy atom. The summed E-state index contributed by atoms with van der Waals surface area (Å²) in [6, 6.07) is 9.74. The number of carbonyl (C=O) groups excluding carboxylic acids is 2. The summed E-state index contributed by atoms with van der Waals surface area (Å²) in [6.45, 7) is 5.89. The lowest BCUT2D eigenvalue weighted by Crippen LogP contribution is -2.41. The van der Waals surface area contributed by atoms with Crippen LogP contribution in [0.2, 0.25) is 0 Å². The molecule has 1 heterocycles. The summed E-state index contributed by atoms with van der Waals surface area (Å²) in [7, 11) is 0. The van der Waals surface area contributed by atoms with E-state index in [1.165, 1.54) is 4.90 Å². The Morgan fingerprint density at radius 3 is 2.55 bits per heavy atom. The number of hydrogen-bond acceptors (Lipinski definition) is 3. The second-order valence-electron chi connectivity index (χ2n) is 6.63. The summed E-state index contributed by atoms with van der Waals surface area (Å²) in [5.74, 6) is 0.132. The van der Waals surface area contributed by atoms with Crippen LogP contribution < -0.4 is 0 Å². The van der Waals surface area contributed by atoms with Gasteiger partial charge in [-0.05, 0) is 38.7 Å². The van der Waals surface area contributed by atoms with Crippen LogP contribution in [-0.4, -0.2) is 29.0 Å². The molecule has 1 saturated carbocycles. The van der Waals surface area contributed by atoms with Crippen molar-refractivity contribution in [2.24, 2.45) is 5.92 Å². The molecular weight excluding hydrogens is 254 g/mol. The number of fused-ring (bicyclic) bond motifs is 1. The zero-order valence-electron chi connectivity index (χ0n) is 12.1. The largest absolute Gasteiger partial charge is 0.443 e. The zero-order valence-corrected chi connectivity index (χ0v) is 12.1. The first-order valence-electron chi connectivity index (χ1n) is 6.95. The van der Waals surface area contributed by atoms with Gasteiger partial charge < -0.3 is 4.74 Å². The Kier molecular flexibility index (Phi) is 2.68. The lowest BCUT2D eigenvalue weighted by Gasteiger charge is -2.25. The van der Waals surface area contributed by atoms with Crippen molar-refractivity contribution in [2.75, 3.05) is 6.54 Å². The molecule has 2 aliphatic rings. The molecule has 0 spiro atoms. The molecule has 0 aromatic heterocycles. The number of likely N-dealkylation sites (tertiary alicyclic amines) is 1. The lowest BCUT2D eigenvalue weighted by molar-refractivity contribution is -0.130. The van der Waals surface area contributed by atoms with Gasteiger partial charge in [-0.25, -0.2) is 9.69 Å². The molecule has 4 nitrogen and oxygen atoms in total. The molecule has 3 rings (SSSR count). The van der Waals surface area contributed by atoms with Crippen molar-refractivity contribution in [2.45, 2.75) is 38.2 Å². The number of benzene rings is 1. The number of ether oxygens (including phenoxy) is 1. The Bertz CT molecular complexity index is 561. The van der Waals surface area contributed by atoms with Crippen LogP contribution in [-0.2, 0) is 14.9 Å². The minimum absolute atomic E-state index is 0.108. The standard InChI is InChI=1S/C16H19NO3/c1-15(2,3)20-14(19)17-10-12-9-16(12,13(17)18)11-7-5-4-6-8-11/h4-8,12H,9-10H2,1-3H3. The number of carbonyl (C=O) groups is 2. The van der Waals surface area contributed by atoms with Gasteiger partial charge in [0.15, 0.2) is 0 Å². The van der Waals surface area contributed by atoms with Gasteiger partial charge >= 0.3 is 6.09 Å². The topological polar surface area (TPSA) is 46.6 Å². The number of hydrogen-bond donors (Lipinski definition) is 0. The molecule has 2 atom stereocenters. The predicted molar refractivity (Wildman–Crippen MR) is 74.2 cm³/mol. The SMILES string of the molecule is CC(C)(C)OC(=O)N1CC2CC2(c2ccccc2)C1=O. The van der Waals surface area contributed by atoms with E-state index in [9.17, 15) is 9.59 Å². The third-order valence-electron chi connectivity index (χ3n) is 4.04. The highest BCUT2D eigenvalue weighted by Gasteiger charge is 2.68. The molecule has 1 aromatic carbocycles. The van der Waals surface area contributed by atoms with Crippen LogP contribution in [0.5, 0.6) is 0 Å². The summed E-state index contributed by atoms with van der Waals surface area (Å²) in [5.41, 5.74) is -0.0385. The smallest absolute Gasteiger partial charge is 0.417 e. The number of piperidine rings is 1. The summed E-state index contributed by atoms with van der Waals surface area (Å²) in [4.78, 5) is 26.0. The van der Waals surface area contributed by atoms with Crippen LogP contribution in [0.1, 0.15) is 32.8 Å². The van der Waals surface area contributed by atoms with Crippen molar-refractivity contribution >= 4 is 12.0 Å². The van der Waals surface area contributed by atoms with E-state index in [0.717, 1.165) is 12.0 Å². The van der Waals surface area contributed by atoms with Gasteiger partial charge in [-0.2, -0.15) is 0 Å². The maximum atomic E-state index is 12.6. The Hall–Kier alpha value is -1.84. The average molecular weight is 273 g/mol. The summed E-state index contributed by atoms with van der Waals surface area (Å²) in [5, 5.41) is 0. The molecule has 2 amide bonds. The minimum Gasteiger partial charge on any atom is -0.443 e. The predicted octanol–water partition coefficient (Wildman–Crippen LogP) is 2.72. The van der Waals surface area contributed by atoms with E-state index in [1.54, 1.807) is 20.8 Å². The number of amides is 2. The van der Waals surface area contributed by atoms with E-state index < -0.39 is 17.1 Å². The molecule has 106 valence electrons. The molecule has 0 bridgehead atoms. The maximum absolute atomic E-state index is 12.6. The van der Waals surface area contributed by atoms with Crippen LogP contribution in [0.25, 0.3) is 0 Å². The second kappa shape index (κ2) is 4.08. The zero-order chi connectivity index (χ0) is 14.5. The van der Waals surface area contributed by atoms with Crippen LogP contribution in [0.3, 0.4) is 0 Å². The first kappa shape index (κ1) is 13.2. The van der Waals surface area contributed by atoms with Crippen molar-refractivity contribution in [3.8, 4) is 0 Å². The Morgan fingerprint density at radius 2 is 1.95 bits per heavy atom. The van der Waals surface area contributed by atoms with E-state index in [2.05, 4.69) is 0 Å². The van der Waals surface area contributed by atoms with E-state index in [4.69, 9.17) is 4.74 Å². The molecule has 2 unspecified atom stereocenters. The fourth-order valence-electron chi connectivity index (χ4n) is 3.04. The highest BCUT2D eigenvalue weighted by Crippen LogP contribution is 2.59. The summed E-state index contributed by atoms with van der Waals surface area (Å²) in [6.07, 6.45) is 0.319. The molecule has 1 aliphatic heterocycles. The fraction of sp³-hybridized carbons (Fsp3) is 0.500. The Balaban J connectivity index is 1.81. The average Bonchev–Trinajstić information content (AvgIpc) is 3.03. The molecule has 1 saturated heterocycles. The Labute approximate surface area is 118 Å². The quantitative estimate of drug-likeness (QED) is 0.790. The maximum Gasteiger partial charge on any atom is 0.417 e. The van der Waals surface area contributed by atoms with Gasteiger partial charge in [-0.15, -0.1) is 0 Å². The van der Waals surface area contributed by atoms with Crippen molar-refractivity contribution in [3.05, 3.63) is 35.9 Å². The molecule has 2 fully saturated rings. The molecule has 0 N–H and O–H groups in total. The van der Waals surface area contributed by atoms with Crippen molar-refractivity contribution < 1.29 is 14.3 Å². The van der Waals surface area contributed by atoms with Crippen molar-refractivity contribution in [1.29, 1.82) is 0 Å². The van der Waals surface area contributed by atoms with Crippen LogP contribution in [0.15, 0.2) is 30.3 Å². The van der Waals surface area contributed by atoms with Crippen molar-refractivity contribution in [1.82, 2.24) is 4.90 Å². The van der Waals surface area contributed by atoms with Gasteiger partial charge in [0, 0.05) is 6.54 Å². The lowest BCUT2D eigenvalue weighted by atomic mass is 9.94. The van der Waals surface area contributed by atoms with Gasteiger partial charge in [-0.1, -0.05) is 30.3 Å². The highest BCUT2D eigenvalue weighted by atomic mass is 16.6. The number of rotatable bonds is 1. The molecule has 20 heavy (non-hydrogen) atoms. The first-order valence-corrected chi connectivity index (χ1v) is 6.95. The van der Waals surface area contributed by atoms with Gasteiger partial charge in [0.2, 0.25) is 5.91 Å². The third-order valence-corrected chi connectivity index (χ3v) is 4.04. The monoisotopic (exact) mass is 273 g/mol. The fourth-order valence-corrected chi connectivity index (χ4v) is 3.04. The summed E-state index contributed by atoms with van der Waals surface area (Å²) < 4.78 is 5.31. The van der Waals surface area contributed by atoms with Gasteiger partial charge in [-0.3, -0.25) is 4.79 Å². The van der Waals surface area contributed by atoms with Crippen LogP contribution in [0.4, 0.5) is 4.79 Å². The van der Waals surface area contributed by atoms with E-state index in [-0.39, 0.29) is 11.8 Å². The normalized spacial score (nSPS) is 28.2. The van der Waals surface area contributed by atoms with E-state index >= 15 is 0 Å². The minimum atomic E-state index is -0.579. The molecular formula is C16H19NO3. The molecule has 1 aliphatic carbocycles. The van der Waals surface area contributed by atoms with Gasteiger partial charge in [0.05, 0.1) is 5.41 Å². The molecule has 0 radical (unpaired) electrons. The third kappa shape index (κ3) is 1.90. The first-order chi connectivity index (χ1) is 9.34. The van der Waals surface area contributed by atoms with Gasteiger partial charge in [0.1, 0.15) is 5.60 Å². The highest BCUT2D eigenvalue weighted by molar-refractivity contribution is 6.03. The van der Waals surface area contributed by atoms with Gasteiger partial charge in [0.25, 0.3) is 0 Å². The number of nitrogens with zero attached hydrogens (tertiary/aromatic N) is 1. The molecule has 1 aromatic rings. The summed E-state index contributed by atoms with van der Waals surface area (Å²) >= 11 is 0. The van der Waals surface area contributed by atoms with E-state index in [0.29, 0.717) is 6.54 Å². The van der Waals surface area contributed by atoms with Crippen molar-refractivity contribution in [3.63, 3.8) is 0 Å². The van der Waals surface area contributed by atoms with Crippen LogP contribution in [0, 0.1) is 5.92 Å². The molecule has 4 heteroatoms.